The van der Waals surface area contributed by atoms with Gasteiger partial charge in [0.2, 0.25) is 11.7 Å². The summed E-state index contributed by atoms with van der Waals surface area (Å²) in [7, 11) is -2.57. The van der Waals surface area contributed by atoms with Crippen LogP contribution in [0.3, 0.4) is 0 Å². The maximum atomic E-state index is 12.7. The van der Waals surface area contributed by atoms with Crippen molar-refractivity contribution in [3.8, 4) is 5.88 Å². The van der Waals surface area contributed by atoms with E-state index in [0.717, 1.165) is 16.3 Å². The molecule has 1 amide bonds. The monoisotopic (exact) mass is 519 g/mol. The van der Waals surface area contributed by atoms with Crippen LogP contribution >= 0.6 is 12.2 Å². The second-order valence-corrected chi connectivity index (χ2v) is 9.48. The first-order chi connectivity index (χ1) is 17.4. The van der Waals surface area contributed by atoms with Crippen molar-refractivity contribution in [2.45, 2.75) is 4.90 Å². The molecule has 0 aliphatic heterocycles. The van der Waals surface area contributed by atoms with Gasteiger partial charge in [-0.05, 0) is 58.9 Å². The lowest BCUT2D eigenvalue weighted by molar-refractivity contribution is -0.115. The number of anilines is 2. The van der Waals surface area contributed by atoms with Crippen molar-refractivity contribution >= 4 is 61.6 Å². The number of sulfonamides is 1. The van der Waals surface area contributed by atoms with Crippen LogP contribution in [0.15, 0.2) is 90.1 Å². The quantitative estimate of drug-likeness (QED) is 0.248. The molecule has 9 nitrogen and oxygen atoms in total. The zero-order valence-electron chi connectivity index (χ0n) is 19.0. The van der Waals surface area contributed by atoms with Gasteiger partial charge in [0.05, 0.1) is 12.0 Å². The van der Waals surface area contributed by atoms with Gasteiger partial charge in [0.1, 0.15) is 0 Å². The minimum absolute atomic E-state index is 0.00580. The van der Waals surface area contributed by atoms with Gasteiger partial charge in [0.15, 0.2) is 5.11 Å². The normalized spacial score (nSPS) is 11.2. The Bertz CT molecular complexity index is 1550. The van der Waals surface area contributed by atoms with Crippen molar-refractivity contribution in [1.29, 1.82) is 0 Å². The molecule has 0 unspecified atom stereocenters. The predicted molar refractivity (Wildman–Crippen MR) is 143 cm³/mol. The third-order valence-electron chi connectivity index (χ3n) is 4.99. The average molecular weight is 520 g/mol. The van der Waals surface area contributed by atoms with Gasteiger partial charge in [-0.25, -0.2) is 18.4 Å². The van der Waals surface area contributed by atoms with E-state index < -0.39 is 15.9 Å². The fraction of sp³-hybridized carbons (Fsp3) is 0.0400. The number of carbonyl (C=O) groups is 1. The van der Waals surface area contributed by atoms with Gasteiger partial charge >= 0.3 is 0 Å². The molecule has 4 aromatic rings. The van der Waals surface area contributed by atoms with Crippen molar-refractivity contribution in [3.05, 3.63) is 90.8 Å². The lowest BCUT2D eigenvalue weighted by atomic mass is 10.0. The molecule has 3 N–H and O–H groups in total. The fourth-order valence-corrected chi connectivity index (χ4v) is 4.55. The topological polar surface area (TPSA) is 122 Å². The minimum atomic E-state index is -3.93. The average Bonchev–Trinajstić information content (AvgIpc) is 2.88. The summed E-state index contributed by atoms with van der Waals surface area (Å²) in [5.41, 5.74) is 1.40. The number of benzene rings is 3. The van der Waals surface area contributed by atoms with Gasteiger partial charge in [0.25, 0.3) is 15.9 Å². The first-order valence-electron chi connectivity index (χ1n) is 10.6. The lowest BCUT2D eigenvalue weighted by Crippen LogP contribution is -2.32. The third kappa shape index (κ3) is 6.01. The highest BCUT2D eigenvalue weighted by Crippen LogP contribution is 2.22. The number of thiocarbonyl (C=S) groups is 1. The largest absolute Gasteiger partial charge is 0.478 e. The van der Waals surface area contributed by atoms with Crippen LogP contribution in [0.1, 0.15) is 5.56 Å². The second kappa shape index (κ2) is 10.9. The first-order valence-corrected chi connectivity index (χ1v) is 12.5. The number of fused-ring (bicyclic) bond motifs is 1. The number of carbonyl (C=O) groups excluding carboxylic acids is 1. The van der Waals surface area contributed by atoms with E-state index in [9.17, 15) is 13.2 Å². The number of aromatic nitrogens is 2. The van der Waals surface area contributed by atoms with Crippen LogP contribution in [-0.2, 0) is 14.8 Å². The van der Waals surface area contributed by atoms with Crippen molar-refractivity contribution in [2.24, 2.45) is 0 Å². The highest BCUT2D eigenvalue weighted by molar-refractivity contribution is 7.92. The molecule has 0 spiro atoms. The van der Waals surface area contributed by atoms with Gasteiger partial charge in [-0.1, -0.05) is 42.5 Å². The molecule has 11 heteroatoms. The van der Waals surface area contributed by atoms with Gasteiger partial charge < -0.3 is 10.1 Å². The van der Waals surface area contributed by atoms with E-state index in [0.29, 0.717) is 5.69 Å². The lowest BCUT2D eigenvalue weighted by Gasteiger charge is -2.11. The van der Waals surface area contributed by atoms with Crippen molar-refractivity contribution in [3.63, 3.8) is 0 Å². The Morgan fingerprint density at radius 2 is 1.69 bits per heavy atom. The summed E-state index contributed by atoms with van der Waals surface area (Å²) >= 11 is 5.20. The molecule has 0 atom stereocenters. The zero-order chi connectivity index (χ0) is 25.5. The Labute approximate surface area is 213 Å². The summed E-state index contributed by atoms with van der Waals surface area (Å²) in [6.45, 7) is 0. The Morgan fingerprint density at radius 3 is 2.47 bits per heavy atom. The molecule has 36 heavy (non-hydrogen) atoms. The summed E-state index contributed by atoms with van der Waals surface area (Å²) in [6.07, 6.45) is 5.86. The van der Waals surface area contributed by atoms with E-state index in [2.05, 4.69) is 25.3 Å². The molecule has 1 heterocycles. The molecule has 4 rings (SSSR count). The summed E-state index contributed by atoms with van der Waals surface area (Å²) in [4.78, 5) is 20.2. The van der Waals surface area contributed by atoms with E-state index in [1.807, 2.05) is 42.5 Å². The standard InChI is InChI=1S/C25H21N5O4S2/c1-34-24-23(26-15-16-27-24)30-36(32,33)20-12-10-19(11-13-20)28-25(35)29-22(31)14-9-18-7-4-6-17-5-2-3-8-21(17)18/h2-16H,1H3,(H,26,30)(H2,28,29,31,35)/b14-9+. The Morgan fingerprint density at radius 1 is 0.972 bits per heavy atom. The second-order valence-electron chi connectivity index (χ2n) is 7.39. The van der Waals surface area contributed by atoms with Crippen molar-refractivity contribution in [2.75, 3.05) is 17.1 Å². The number of ether oxygens (including phenoxy) is 1. The molecular formula is C25H21N5O4S2. The minimum Gasteiger partial charge on any atom is -0.478 e. The van der Waals surface area contributed by atoms with Gasteiger partial charge in [-0.3, -0.25) is 14.8 Å². The first kappa shape index (κ1) is 24.8. The van der Waals surface area contributed by atoms with Crippen LogP contribution in [-0.4, -0.2) is 36.5 Å². The van der Waals surface area contributed by atoms with E-state index >= 15 is 0 Å². The number of hydrogen-bond acceptors (Lipinski definition) is 7. The van der Waals surface area contributed by atoms with Crippen LogP contribution in [0.5, 0.6) is 5.88 Å². The Balaban J connectivity index is 1.36. The van der Waals surface area contributed by atoms with Crippen LogP contribution in [0.25, 0.3) is 16.8 Å². The molecule has 0 aliphatic rings. The molecule has 0 saturated heterocycles. The van der Waals surface area contributed by atoms with E-state index in [-0.39, 0.29) is 21.7 Å². The van der Waals surface area contributed by atoms with Crippen LogP contribution in [0.4, 0.5) is 11.5 Å². The summed E-state index contributed by atoms with van der Waals surface area (Å²) in [6, 6.07) is 19.6. The highest BCUT2D eigenvalue weighted by Gasteiger charge is 2.18. The number of nitrogens with zero attached hydrogens (tertiary/aromatic N) is 2. The molecule has 1 aromatic heterocycles. The number of nitrogens with one attached hydrogen (secondary N) is 3. The number of amides is 1. The molecule has 182 valence electrons. The van der Waals surface area contributed by atoms with Crippen LogP contribution in [0.2, 0.25) is 0 Å². The van der Waals surface area contributed by atoms with Crippen molar-refractivity contribution in [1.82, 2.24) is 15.3 Å². The number of hydrogen-bond donors (Lipinski definition) is 3. The number of methoxy groups -OCH3 is 1. The molecule has 0 saturated carbocycles. The molecule has 0 bridgehead atoms. The molecular weight excluding hydrogens is 498 g/mol. The Hall–Kier alpha value is -4.35. The highest BCUT2D eigenvalue weighted by atomic mass is 32.2. The van der Waals surface area contributed by atoms with Crippen molar-refractivity contribution < 1.29 is 17.9 Å². The van der Waals surface area contributed by atoms with E-state index in [1.165, 1.54) is 49.8 Å². The van der Waals surface area contributed by atoms with Crippen LogP contribution < -0.4 is 20.1 Å². The maximum absolute atomic E-state index is 12.7. The smallest absolute Gasteiger partial charge is 0.263 e. The SMILES string of the molecule is COc1nccnc1NS(=O)(=O)c1ccc(NC(=S)NC(=O)/C=C/c2cccc3ccccc23)cc1. The predicted octanol–water partition coefficient (Wildman–Crippen LogP) is 3.97. The van der Waals surface area contributed by atoms with Gasteiger partial charge in [-0.15, -0.1) is 0 Å². The van der Waals surface area contributed by atoms with Gasteiger partial charge in [-0.2, -0.15) is 0 Å². The van der Waals surface area contributed by atoms with Gasteiger partial charge in [0, 0.05) is 24.2 Å². The van der Waals surface area contributed by atoms with E-state index in [4.69, 9.17) is 17.0 Å². The maximum Gasteiger partial charge on any atom is 0.263 e. The molecule has 0 aliphatic carbocycles. The molecule has 0 radical (unpaired) electrons. The summed E-state index contributed by atoms with van der Waals surface area (Å²) < 4.78 is 32.7. The fourth-order valence-electron chi connectivity index (χ4n) is 3.33. The zero-order valence-corrected chi connectivity index (χ0v) is 20.6. The Kier molecular flexibility index (Phi) is 7.52. The molecule has 0 fully saturated rings. The summed E-state index contributed by atoms with van der Waals surface area (Å²) in [5.74, 6) is -0.376. The number of rotatable bonds is 7. The summed E-state index contributed by atoms with van der Waals surface area (Å²) in [5, 5.41) is 7.61. The van der Waals surface area contributed by atoms with Crippen LogP contribution in [0, 0.1) is 0 Å². The molecule has 3 aromatic carbocycles. The third-order valence-corrected chi connectivity index (χ3v) is 6.54. The van der Waals surface area contributed by atoms with E-state index in [1.54, 1.807) is 6.08 Å².